The molecule has 5 nitrogen and oxygen atoms in total. The summed E-state index contributed by atoms with van der Waals surface area (Å²) >= 11 is 0. The Morgan fingerprint density at radius 3 is 2.65 bits per heavy atom. The Labute approximate surface area is 120 Å². The fraction of sp³-hybridized carbons (Fsp3) is 0.800. The van der Waals surface area contributed by atoms with Gasteiger partial charge in [-0.2, -0.15) is 0 Å². The normalized spacial score (nSPS) is 34.9. The maximum atomic E-state index is 11.6. The number of carbonyl (C=O) groups excluding carboxylic acids is 1. The van der Waals surface area contributed by atoms with Crippen molar-refractivity contribution in [1.82, 2.24) is 0 Å². The van der Waals surface area contributed by atoms with Gasteiger partial charge in [0, 0.05) is 19.4 Å². The summed E-state index contributed by atoms with van der Waals surface area (Å²) in [6.07, 6.45) is 2.35. The molecule has 0 radical (unpaired) electrons. The number of aliphatic hydroxyl groups excluding tert-OH is 1. The van der Waals surface area contributed by atoms with Crippen molar-refractivity contribution in [2.24, 2.45) is 5.92 Å². The Morgan fingerprint density at radius 2 is 2.15 bits per heavy atom. The summed E-state index contributed by atoms with van der Waals surface area (Å²) in [4.78, 5) is 11.6. The molecule has 0 spiro atoms. The molecule has 1 rings (SSSR count). The fourth-order valence-corrected chi connectivity index (χ4v) is 2.65. The second-order valence-electron chi connectivity index (χ2n) is 5.39. The lowest BCUT2D eigenvalue weighted by molar-refractivity contribution is -0.293. The number of esters is 1. The van der Waals surface area contributed by atoms with E-state index >= 15 is 0 Å². The van der Waals surface area contributed by atoms with Crippen LogP contribution in [0, 0.1) is 5.92 Å². The Morgan fingerprint density at radius 1 is 1.50 bits per heavy atom. The number of ether oxygens (including phenoxy) is 3. The van der Waals surface area contributed by atoms with E-state index in [1.54, 1.807) is 0 Å². The molecule has 5 heteroatoms. The summed E-state index contributed by atoms with van der Waals surface area (Å²) in [5.41, 5.74) is 1.05. The molecule has 1 aliphatic heterocycles. The van der Waals surface area contributed by atoms with Gasteiger partial charge >= 0.3 is 5.97 Å². The molecule has 20 heavy (non-hydrogen) atoms. The first kappa shape index (κ1) is 17.1. The number of aliphatic hydroxyl groups is 1. The highest BCUT2D eigenvalue weighted by Gasteiger charge is 2.47. The van der Waals surface area contributed by atoms with E-state index in [-0.39, 0.29) is 24.9 Å². The third-order valence-electron chi connectivity index (χ3n) is 3.93. The van der Waals surface area contributed by atoms with Crippen molar-refractivity contribution in [1.29, 1.82) is 0 Å². The molecule has 0 unspecified atom stereocenters. The van der Waals surface area contributed by atoms with Gasteiger partial charge in [-0.15, -0.1) is 0 Å². The van der Waals surface area contributed by atoms with E-state index in [9.17, 15) is 9.90 Å². The molecule has 0 aliphatic carbocycles. The predicted octanol–water partition coefficient (Wildman–Crippen LogP) is 2.03. The lowest BCUT2D eigenvalue weighted by atomic mass is 9.84. The van der Waals surface area contributed by atoms with Gasteiger partial charge < -0.3 is 19.3 Å². The van der Waals surface area contributed by atoms with Crippen molar-refractivity contribution in [3.63, 3.8) is 0 Å². The van der Waals surface area contributed by atoms with Gasteiger partial charge in [0.05, 0.1) is 25.7 Å². The summed E-state index contributed by atoms with van der Waals surface area (Å²) < 4.78 is 16.1. The standard InChI is InChI=1S/C15H26O5/c1-6-7-10(2)14-11(3)12(16)8-15(19-5,20-14)9-13(17)18-4/h7,11-12,14,16H,6,8-9H2,1-5H3/b10-7+/t11-,12-,14-,15-/m1/s1. The van der Waals surface area contributed by atoms with Crippen molar-refractivity contribution in [2.45, 2.75) is 58.0 Å². The maximum Gasteiger partial charge on any atom is 0.310 e. The van der Waals surface area contributed by atoms with Gasteiger partial charge in [0.25, 0.3) is 0 Å². The van der Waals surface area contributed by atoms with Crippen LogP contribution in [0.1, 0.15) is 40.0 Å². The van der Waals surface area contributed by atoms with Crippen LogP contribution in [-0.4, -0.2) is 43.3 Å². The molecule has 1 saturated heterocycles. The fourth-order valence-electron chi connectivity index (χ4n) is 2.65. The molecule has 0 aromatic rings. The van der Waals surface area contributed by atoms with E-state index in [0.717, 1.165) is 12.0 Å². The molecule has 4 atom stereocenters. The van der Waals surface area contributed by atoms with Gasteiger partial charge in [0.15, 0.2) is 5.79 Å². The van der Waals surface area contributed by atoms with Crippen LogP contribution < -0.4 is 0 Å². The van der Waals surface area contributed by atoms with Gasteiger partial charge in [-0.05, 0) is 18.9 Å². The molecule has 0 aromatic heterocycles. The zero-order chi connectivity index (χ0) is 15.3. The Balaban J connectivity index is 2.98. The molecule has 0 amide bonds. The average Bonchev–Trinajstić information content (AvgIpc) is 2.42. The second kappa shape index (κ2) is 7.20. The Hall–Kier alpha value is -0.910. The molecular formula is C15H26O5. The molecule has 1 fully saturated rings. The first-order valence-electron chi connectivity index (χ1n) is 7.03. The monoisotopic (exact) mass is 286 g/mol. The van der Waals surface area contributed by atoms with Crippen molar-refractivity contribution in [2.75, 3.05) is 14.2 Å². The third kappa shape index (κ3) is 3.81. The van der Waals surface area contributed by atoms with E-state index in [4.69, 9.17) is 9.47 Å². The number of methoxy groups -OCH3 is 2. The highest BCUT2D eigenvalue weighted by atomic mass is 16.7. The number of carbonyl (C=O) groups is 1. The first-order chi connectivity index (χ1) is 9.39. The molecular weight excluding hydrogens is 260 g/mol. The minimum absolute atomic E-state index is 0.0281. The van der Waals surface area contributed by atoms with Gasteiger partial charge in [-0.3, -0.25) is 4.79 Å². The van der Waals surface area contributed by atoms with E-state index in [1.807, 2.05) is 20.8 Å². The van der Waals surface area contributed by atoms with Crippen molar-refractivity contribution in [3.05, 3.63) is 11.6 Å². The first-order valence-corrected chi connectivity index (χ1v) is 7.03. The van der Waals surface area contributed by atoms with Crippen molar-refractivity contribution >= 4 is 5.97 Å². The van der Waals surface area contributed by atoms with Crippen LogP contribution in [0.4, 0.5) is 0 Å². The largest absolute Gasteiger partial charge is 0.469 e. The average molecular weight is 286 g/mol. The van der Waals surface area contributed by atoms with Gasteiger partial charge in [-0.25, -0.2) is 0 Å². The van der Waals surface area contributed by atoms with Crippen molar-refractivity contribution in [3.8, 4) is 0 Å². The maximum absolute atomic E-state index is 11.6. The topological polar surface area (TPSA) is 65.0 Å². The number of hydrogen-bond donors (Lipinski definition) is 1. The predicted molar refractivity (Wildman–Crippen MR) is 75.1 cm³/mol. The van der Waals surface area contributed by atoms with Crippen LogP contribution in [0.15, 0.2) is 11.6 Å². The number of rotatable bonds is 5. The minimum atomic E-state index is -1.12. The molecule has 0 aromatic carbocycles. The molecule has 0 saturated carbocycles. The van der Waals surface area contributed by atoms with Gasteiger partial charge in [0.2, 0.25) is 0 Å². The quantitative estimate of drug-likeness (QED) is 0.619. The van der Waals surface area contributed by atoms with Crippen LogP contribution in [0.25, 0.3) is 0 Å². The van der Waals surface area contributed by atoms with Crippen molar-refractivity contribution < 1.29 is 24.1 Å². The molecule has 0 bridgehead atoms. The van der Waals surface area contributed by atoms with E-state index < -0.39 is 17.9 Å². The third-order valence-corrected chi connectivity index (χ3v) is 3.93. The highest BCUT2D eigenvalue weighted by Crippen LogP contribution is 2.38. The zero-order valence-corrected chi connectivity index (χ0v) is 13.0. The lowest BCUT2D eigenvalue weighted by Crippen LogP contribution is -2.53. The van der Waals surface area contributed by atoms with Crippen LogP contribution in [-0.2, 0) is 19.0 Å². The van der Waals surface area contributed by atoms with Gasteiger partial charge in [-0.1, -0.05) is 19.9 Å². The zero-order valence-electron chi connectivity index (χ0n) is 13.0. The molecule has 1 N–H and O–H groups in total. The number of hydrogen-bond acceptors (Lipinski definition) is 5. The smallest absolute Gasteiger partial charge is 0.310 e. The summed E-state index contributed by atoms with van der Waals surface area (Å²) in [6.45, 7) is 5.97. The highest BCUT2D eigenvalue weighted by molar-refractivity contribution is 5.70. The van der Waals surface area contributed by atoms with E-state index in [0.29, 0.717) is 0 Å². The van der Waals surface area contributed by atoms with Crippen LogP contribution in [0.3, 0.4) is 0 Å². The van der Waals surface area contributed by atoms with E-state index in [1.165, 1.54) is 14.2 Å². The molecule has 1 aliphatic rings. The van der Waals surface area contributed by atoms with Crippen LogP contribution in [0.2, 0.25) is 0 Å². The Kier molecular flexibility index (Phi) is 6.17. The SMILES string of the molecule is CC/C=C(\C)[C@H]1O[C@](CC(=O)OC)(OC)C[C@@H](O)[C@H]1C. The van der Waals surface area contributed by atoms with Gasteiger partial charge in [0.1, 0.15) is 0 Å². The summed E-state index contributed by atoms with van der Waals surface area (Å²) in [6, 6.07) is 0. The van der Waals surface area contributed by atoms with E-state index in [2.05, 4.69) is 10.8 Å². The summed E-state index contributed by atoms with van der Waals surface area (Å²) in [7, 11) is 2.81. The minimum Gasteiger partial charge on any atom is -0.469 e. The number of allylic oxidation sites excluding steroid dienone is 1. The summed E-state index contributed by atoms with van der Waals surface area (Å²) in [5.74, 6) is -1.57. The van der Waals surface area contributed by atoms with Crippen LogP contribution >= 0.6 is 0 Å². The lowest BCUT2D eigenvalue weighted by Gasteiger charge is -2.45. The molecule has 1 heterocycles. The Bertz CT molecular complexity index is 365. The van der Waals surface area contributed by atoms with Crippen LogP contribution in [0.5, 0.6) is 0 Å². The summed E-state index contributed by atoms with van der Waals surface area (Å²) in [5, 5.41) is 10.3. The second-order valence-corrected chi connectivity index (χ2v) is 5.39. The molecule has 116 valence electrons.